The summed E-state index contributed by atoms with van der Waals surface area (Å²) in [6.07, 6.45) is 1.61. The summed E-state index contributed by atoms with van der Waals surface area (Å²) >= 11 is 0. The molecule has 0 aromatic heterocycles. The molecule has 5 heteroatoms. The molecule has 0 aliphatic carbocycles. The highest BCUT2D eigenvalue weighted by Gasteiger charge is 1.95. The van der Waals surface area contributed by atoms with Crippen LogP contribution in [0.2, 0.25) is 0 Å². The third kappa shape index (κ3) is 5.66. The molecule has 0 heterocycles. The molecule has 0 saturated carbocycles. The fraction of sp³-hybridized carbons (Fsp3) is 0.176. The summed E-state index contributed by atoms with van der Waals surface area (Å²) < 4.78 is 5.47. The van der Waals surface area contributed by atoms with Crippen LogP contribution in [0.4, 0.5) is 5.69 Å². The molecule has 2 aromatic carbocycles. The first kappa shape index (κ1) is 15.6. The van der Waals surface area contributed by atoms with E-state index in [1.54, 1.807) is 18.3 Å². The highest BCUT2D eigenvalue weighted by atomic mass is 16.6. The average molecular weight is 298 g/mol. The Morgan fingerprint density at radius 2 is 1.82 bits per heavy atom. The number of nitrogens with zero attached hydrogens (tertiary/aromatic N) is 1. The minimum atomic E-state index is -0.0943. The SMILES string of the molecule is CC(=O)Nc1ccc(/C=N/OCCOc2ccccc2)cc1. The monoisotopic (exact) mass is 298 g/mol. The lowest BCUT2D eigenvalue weighted by Gasteiger charge is -2.04. The topological polar surface area (TPSA) is 59.9 Å². The van der Waals surface area contributed by atoms with Crippen LogP contribution in [0, 0.1) is 0 Å². The van der Waals surface area contributed by atoms with Gasteiger partial charge in [0.15, 0.2) is 6.61 Å². The number of amides is 1. The Balaban J connectivity index is 1.68. The molecular weight excluding hydrogens is 280 g/mol. The summed E-state index contributed by atoms with van der Waals surface area (Å²) in [6, 6.07) is 16.8. The number of oxime groups is 1. The molecule has 0 atom stereocenters. The van der Waals surface area contributed by atoms with E-state index in [-0.39, 0.29) is 5.91 Å². The molecule has 5 nitrogen and oxygen atoms in total. The zero-order valence-corrected chi connectivity index (χ0v) is 12.4. The zero-order chi connectivity index (χ0) is 15.6. The van der Waals surface area contributed by atoms with Gasteiger partial charge in [-0.3, -0.25) is 4.79 Å². The molecule has 0 aliphatic heterocycles. The molecule has 0 saturated heterocycles. The minimum Gasteiger partial charge on any atom is -0.490 e. The molecule has 0 radical (unpaired) electrons. The van der Waals surface area contributed by atoms with E-state index < -0.39 is 0 Å². The number of para-hydroxylation sites is 1. The Morgan fingerprint density at radius 3 is 2.50 bits per heavy atom. The van der Waals surface area contributed by atoms with Gasteiger partial charge in [0, 0.05) is 12.6 Å². The maximum atomic E-state index is 10.9. The number of hydrogen-bond donors (Lipinski definition) is 1. The fourth-order valence-electron chi connectivity index (χ4n) is 1.72. The molecule has 1 amide bonds. The second kappa shape index (κ2) is 8.46. The number of nitrogens with one attached hydrogen (secondary N) is 1. The van der Waals surface area contributed by atoms with E-state index in [9.17, 15) is 4.79 Å². The minimum absolute atomic E-state index is 0.0943. The number of carbonyl (C=O) groups is 1. The van der Waals surface area contributed by atoms with Gasteiger partial charge in [-0.05, 0) is 29.8 Å². The van der Waals surface area contributed by atoms with E-state index in [4.69, 9.17) is 9.57 Å². The molecule has 22 heavy (non-hydrogen) atoms. The van der Waals surface area contributed by atoms with Crippen molar-refractivity contribution in [2.45, 2.75) is 6.92 Å². The summed E-state index contributed by atoms with van der Waals surface area (Å²) in [5.41, 5.74) is 1.64. The first-order valence-corrected chi connectivity index (χ1v) is 6.95. The van der Waals surface area contributed by atoms with E-state index in [2.05, 4.69) is 10.5 Å². The molecule has 2 rings (SSSR count). The van der Waals surface area contributed by atoms with Crippen LogP contribution in [-0.2, 0) is 9.63 Å². The molecule has 2 aromatic rings. The smallest absolute Gasteiger partial charge is 0.221 e. The number of benzene rings is 2. The second-order valence-corrected chi connectivity index (χ2v) is 4.53. The van der Waals surface area contributed by atoms with Crippen LogP contribution in [-0.4, -0.2) is 25.3 Å². The largest absolute Gasteiger partial charge is 0.490 e. The number of hydrogen-bond acceptors (Lipinski definition) is 4. The van der Waals surface area contributed by atoms with E-state index in [1.807, 2.05) is 42.5 Å². The Bertz CT molecular complexity index is 610. The number of rotatable bonds is 7. The maximum absolute atomic E-state index is 10.9. The lowest BCUT2D eigenvalue weighted by atomic mass is 10.2. The van der Waals surface area contributed by atoms with Gasteiger partial charge in [0.05, 0.1) is 6.21 Å². The van der Waals surface area contributed by atoms with E-state index in [0.29, 0.717) is 13.2 Å². The van der Waals surface area contributed by atoms with Crippen molar-refractivity contribution in [3.63, 3.8) is 0 Å². The second-order valence-electron chi connectivity index (χ2n) is 4.53. The number of anilines is 1. The van der Waals surface area contributed by atoms with E-state index >= 15 is 0 Å². The predicted molar refractivity (Wildman–Crippen MR) is 86.2 cm³/mol. The normalized spacial score (nSPS) is 10.4. The first-order valence-electron chi connectivity index (χ1n) is 6.95. The van der Waals surface area contributed by atoms with E-state index in [0.717, 1.165) is 17.0 Å². The van der Waals surface area contributed by atoms with E-state index in [1.165, 1.54) is 6.92 Å². The highest BCUT2D eigenvalue weighted by molar-refractivity contribution is 5.89. The molecule has 1 N–H and O–H groups in total. The van der Waals surface area contributed by atoms with Crippen molar-refractivity contribution in [1.29, 1.82) is 0 Å². The molecule has 0 fully saturated rings. The van der Waals surface area contributed by atoms with Crippen molar-refractivity contribution < 1.29 is 14.4 Å². The van der Waals surface area contributed by atoms with Crippen LogP contribution < -0.4 is 10.1 Å². The molecule has 0 spiro atoms. The Morgan fingerprint density at radius 1 is 1.09 bits per heavy atom. The Kier molecular flexibility index (Phi) is 5.99. The summed E-state index contributed by atoms with van der Waals surface area (Å²) in [4.78, 5) is 16.0. The third-order valence-corrected chi connectivity index (χ3v) is 2.69. The first-order chi connectivity index (χ1) is 10.7. The Labute approximate surface area is 129 Å². The van der Waals surface area contributed by atoms with Crippen LogP contribution in [0.15, 0.2) is 59.8 Å². The van der Waals surface area contributed by atoms with Gasteiger partial charge in [0.2, 0.25) is 5.91 Å². The lowest BCUT2D eigenvalue weighted by Crippen LogP contribution is -2.05. The van der Waals surface area contributed by atoms with Crippen LogP contribution >= 0.6 is 0 Å². The highest BCUT2D eigenvalue weighted by Crippen LogP contribution is 2.08. The van der Waals surface area contributed by atoms with Crippen LogP contribution in [0.5, 0.6) is 5.75 Å². The molecular formula is C17H18N2O3. The van der Waals surface area contributed by atoms with Gasteiger partial charge in [0.25, 0.3) is 0 Å². The lowest BCUT2D eigenvalue weighted by molar-refractivity contribution is -0.114. The predicted octanol–water partition coefficient (Wildman–Crippen LogP) is 3.07. The molecule has 0 unspecified atom stereocenters. The van der Waals surface area contributed by atoms with Crippen LogP contribution in [0.1, 0.15) is 12.5 Å². The molecule has 114 valence electrons. The van der Waals surface area contributed by atoms with Crippen molar-refractivity contribution in [2.24, 2.45) is 5.16 Å². The molecule has 0 bridgehead atoms. The van der Waals surface area contributed by atoms with Gasteiger partial charge in [-0.1, -0.05) is 35.5 Å². The zero-order valence-electron chi connectivity index (χ0n) is 12.4. The van der Waals surface area contributed by atoms with Gasteiger partial charge in [-0.2, -0.15) is 0 Å². The summed E-state index contributed by atoms with van der Waals surface area (Å²) in [5.74, 6) is 0.715. The number of ether oxygens (including phenoxy) is 1. The summed E-state index contributed by atoms with van der Waals surface area (Å²) in [5, 5.41) is 6.57. The van der Waals surface area contributed by atoms with Crippen molar-refractivity contribution in [3.05, 3.63) is 60.2 Å². The van der Waals surface area contributed by atoms with Gasteiger partial charge in [-0.15, -0.1) is 0 Å². The van der Waals surface area contributed by atoms with Crippen molar-refractivity contribution in [2.75, 3.05) is 18.5 Å². The van der Waals surface area contributed by atoms with Crippen LogP contribution in [0.3, 0.4) is 0 Å². The van der Waals surface area contributed by atoms with Crippen molar-refractivity contribution in [1.82, 2.24) is 0 Å². The maximum Gasteiger partial charge on any atom is 0.221 e. The standard InChI is InChI=1S/C17H18N2O3/c1-14(20)19-16-9-7-15(8-10-16)13-18-22-12-11-21-17-5-3-2-4-6-17/h2-10,13H,11-12H2,1H3,(H,19,20)/b18-13+. The molecule has 0 aliphatic rings. The summed E-state index contributed by atoms with van der Waals surface area (Å²) in [6.45, 7) is 2.28. The van der Waals surface area contributed by atoms with Crippen molar-refractivity contribution >= 4 is 17.8 Å². The Hall–Kier alpha value is -2.82. The number of carbonyl (C=O) groups excluding carboxylic acids is 1. The van der Waals surface area contributed by atoms with Gasteiger partial charge in [0.1, 0.15) is 12.4 Å². The average Bonchev–Trinajstić information content (AvgIpc) is 2.53. The van der Waals surface area contributed by atoms with Gasteiger partial charge in [-0.25, -0.2) is 0 Å². The quantitative estimate of drug-likeness (QED) is 0.485. The van der Waals surface area contributed by atoms with Crippen LogP contribution in [0.25, 0.3) is 0 Å². The van der Waals surface area contributed by atoms with Crippen molar-refractivity contribution in [3.8, 4) is 5.75 Å². The van der Waals surface area contributed by atoms with Gasteiger partial charge >= 0.3 is 0 Å². The third-order valence-electron chi connectivity index (χ3n) is 2.69. The summed E-state index contributed by atoms with van der Waals surface area (Å²) in [7, 11) is 0. The fourth-order valence-corrected chi connectivity index (χ4v) is 1.72. The van der Waals surface area contributed by atoms with Gasteiger partial charge < -0.3 is 14.9 Å².